The molecule has 0 unspecified atom stereocenters. The summed E-state index contributed by atoms with van der Waals surface area (Å²) in [5, 5.41) is 0. The maximum Gasteiger partial charge on any atom is 0.0166 e. The first-order valence-electron chi connectivity index (χ1n) is 4.32. The van der Waals surface area contributed by atoms with Crippen LogP contribution < -0.4 is 11.5 Å². The van der Waals surface area contributed by atoms with Crippen LogP contribution in [0.4, 0.5) is 0 Å². The summed E-state index contributed by atoms with van der Waals surface area (Å²) >= 11 is 0. The van der Waals surface area contributed by atoms with Crippen molar-refractivity contribution < 1.29 is 0 Å². The fourth-order valence-electron chi connectivity index (χ4n) is 1.11. The average molecular weight is 164 g/mol. The minimum atomic E-state index is 0.144. The van der Waals surface area contributed by atoms with Gasteiger partial charge in [-0.15, -0.1) is 0 Å². The summed E-state index contributed by atoms with van der Waals surface area (Å²) in [5.41, 5.74) is 12.4. The number of benzene rings is 1. The van der Waals surface area contributed by atoms with Gasteiger partial charge in [-0.25, -0.2) is 0 Å². The molecule has 0 radical (unpaired) electrons. The van der Waals surface area contributed by atoms with Crippen LogP contribution in [-0.4, -0.2) is 12.6 Å². The van der Waals surface area contributed by atoms with E-state index < -0.39 is 0 Å². The molecule has 0 bridgehead atoms. The van der Waals surface area contributed by atoms with Crippen LogP contribution in [-0.2, 0) is 6.42 Å². The standard InChI is InChI=1S/C10H16N2/c11-8-10(12)7-6-9-4-2-1-3-5-9/h1-5,10H,6-8,11-12H2/t10-/m0/s1. The molecule has 0 amide bonds. The second-order valence-electron chi connectivity index (χ2n) is 3.02. The Morgan fingerprint density at radius 1 is 1.17 bits per heavy atom. The summed E-state index contributed by atoms with van der Waals surface area (Å²) in [6, 6.07) is 10.5. The van der Waals surface area contributed by atoms with Crippen molar-refractivity contribution in [2.45, 2.75) is 18.9 Å². The average Bonchev–Trinajstić information content (AvgIpc) is 2.16. The molecule has 0 aliphatic carbocycles. The lowest BCUT2D eigenvalue weighted by molar-refractivity contribution is 0.623. The molecule has 0 saturated heterocycles. The Bertz CT molecular complexity index is 208. The van der Waals surface area contributed by atoms with Crippen molar-refractivity contribution in [1.29, 1.82) is 0 Å². The van der Waals surface area contributed by atoms with Crippen molar-refractivity contribution >= 4 is 0 Å². The van der Waals surface area contributed by atoms with Crippen LogP contribution in [0.25, 0.3) is 0 Å². The summed E-state index contributed by atoms with van der Waals surface area (Å²) in [4.78, 5) is 0. The van der Waals surface area contributed by atoms with E-state index in [9.17, 15) is 0 Å². The Hall–Kier alpha value is -0.860. The smallest absolute Gasteiger partial charge is 0.0166 e. The first-order valence-corrected chi connectivity index (χ1v) is 4.32. The van der Waals surface area contributed by atoms with Crippen molar-refractivity contribution in [3.63, 3.8) is 0 Å². The summed E-state index contributed by atoms with van der Waals surface area (Å²) in [6.07, 6.45) is 2.00. The quantitative estimate of drug-likeness (QED) is 0.695. The van der Waals surface area contributed by atoms with Gasteiger partial charge in [0.2, 0.25) is 0 Å². The van der Waals surface area contributed by atoms with Gasteiger partial charge in [-0.2, -0.15) is 0 Å². The highest BCUT2D eigenvalue weighted by atomic mass is 14.7. The van der Waals surface area contributed by atoms with E-state index in [2.05, 4.69) is 12.1 Å². The SMILES string of the molecule is NC[C@@H](N)CCc1ccccc1. The lowest BCUT2D eigenvalue weighted by Gasteiger charge is -2.07. The van der Waals surface area contributed by atoms with Crippen molar-refractivity contribution in [1.82, 2.24) is 0 Å². The van der Waals surface area contributed by atoms with Crippen molar-refractivity contribution in [2.24, 2.45) is 11.5 Å². The van der Waals surface area contributed by atoms with Crippen LogP contribution >= 0.6 is 0 Å². The lowest BCUT2D eigenvalue weighted by atomic mass is 10.1. The Morgan fingerprint density at radius 3 is 2.42 bits per heavy atom. The molecule has 0 fully saturated rings. The Kier molecular flexibility index (Phi) is 3.77. The molecule has 1 aromatic carbocycles. The van der Waals surface area contributed by atoms with Gasteiger partial charge in [-0.1, -0.05) is 30.3 Å². The van der Waals surface area contributed by atoms with Crippen molar-refractivity contribution in [2.75, 3.05) is 6.54 Å². The zero-order valence-electron chi connectivity index (χ0n) is 7.24. The third kappa shape index (κ3) is 3.03. The van der Waals surface area contributed by atoms with E-state index in [1.165, 1.54) is 5.56 Å². The predicted octanol–water partition coefficient (Wildman–Crippen LogP) is 0.905. The van der Waals surface area contributed by atoms with Crippen LogP contribution in [0.15, 0.2) is 30.3 Å². The molecule has 12 heavy (non-hydrogen) atoms. The first-order chi connectivity index (χ1) is 5.83. The van der Waals surface area contributed by atoms with Gasteiger partial charge in [0.25, 0.3) is 0 Å². The van der Waals surface area contributed by atoms with E-state index in [0.29, 0.717) is 6.54 Å². The second kappa shape index (κ2) is 4.91. The molecule has 0 saturated carbocycles. The van der Waals surface area contributed by atoms with Crippen LogP contribution in [0.2, 0.25) is 0 Å². The molecule has 0 aliphatic heterocycles. The van der Waals surface area contributed by atoms with E-state index in [1.54, 1.807) is 0 Å². The molecular formula is C10H16N2. The molecule has 1 aromatic rings. The van der Waals surface area contributed by atoms with Crippen LogP contribution in [0, 0.1) is 0 Å². The highest BCUT2D eigenvalue weighted by Gasteiger charge is 1.98. The highest BCUT2D eigenvalue weighted by molar-refractivity contribution is 5.14. The third-order valence-electron chi connectivity index (χ3n) is 1.95. The normalized spacial score (nSPS) is 12.8. The molecule has 2 nitrogen and oxygen atoms in total. The molecule has 1 rings (SSSR count). The largest absolute Gasteiger partial charge is 0.329 e. The zero-order chi connectivity index (χ0) is 8.81. The van der Waals surface area contributed by atoms with E-state index in [0.717, 1.165) is 12.8 Å². The molecule has 0 aromatic heterocycles. The van der Waals surface area contributed by atoms with E-state index in [-0.39, 0.29) is 6.04 Å². The van der Waals surface area contributed by atoms with Gasteiger partial charge in [0.15, 0.2) is 0 Å². The topological polar surface area (TPSA) is 52.0 Å². The molecule has 66 valence electrons. The van der Waals surface area contributed by atoms with Gasteiger partial charge in [0, 0.05) is 12.6 Å². The van der Waals surface area contributed by atoms with Crippen molar-refractivity contribution in [3.8, 4) is 0 Å². The van der Waals surface area contributed by atoms with Gasteiger partial charge >= 0.3 is 0 Å². The lowest BCUT2D eigenvalue weighted by Crippen LogP contribution is -2.29. The third-order valence-corrected chi connectivity index (χ3v) is 1.95. The fourth-order valence-corrected chi connectivity index (χ4v) is 1.11. The molecule has 1 atom stereocenters. The fraction of sp³-hybridized carbons (Fsp3) is 0.400. The first kappa shape index (κ1) is 9.23. The summed E-state index contributed by atoms with van der Waals surface area (Å²) in [6.45, 7) is 0.576. The Balaban J connectivity index is 2.33. The van der Waals surface area contributed by atoms with E-state index >= 15 is 0 Å². The van der Waals surface area contributed by atoms with Gasteiger partial charge in [-0.3, -0.25) is 0 Å². The number of aryl methyl sites for hydroxylation is 1. The molecule has 4 N–H and O–H groups in total. The van der Waals surface area contributed by atoms with Crippen LogP contribution in [0.5, 0.6) is 0 Å². The Morgan fingerprint density at radius 2 is 1.83 bits per heavy atom. The second-order valence-corrected chi connectivity index (χ2v) is 3.02. The molecule has 0 aliphatic rings. The number of nitrogens with two attached hydrogens (primary N) is 2. The summed E-state index contributed by atoms with van der Waals surface area (Å²) < 4.78 is 0. The molecular weight excluding hydrogens is 148 g/mol. The molecule has 2 heteroatoms. The van der Waals surface area contributed by atoms with E-state index in [4.69, 9.17) is 11.5 Å². The maximum atomic E-state index is 5.70. The van der Waals surface area contributed by atoms with Crippen molar-refractivity contribution in [3.05, 3.63) is 35.9 Å². The van der Waals surface area contributed by atoms with Crippen LogP contribution in [0.3, 0.4) is 0 Å². The highest BCUT2D eigenvalue weighted by Crippen LogP contribution is 2.02. The van der Waals surface area contributed by atoms with Gasteiger partial charge in [0.05, 0.1) is 0 Å². The maximum absolute atomic E-state index is 5.70. The predicted molar refractivity (Wildman–Crippen MR) is 51.8 cm³/mol. The van der Waals surface area contributed by atoms with Crippen LogP contribution in [0.1, 0.15) is 12.0 Å². The number of rotatable bonds is 4. The summed E-state index contributed by atoms with van der Waals surface area (Å²) in [7, 11) is 0. The molecule has 0 spiro atoms. The van der Waals surface area contributed by atoms with Gasteiger partial charge in [0.1, 0.15) is 0 Å². The zero-order valence-corrected chi connectivity index (χ0v) is 7.24. The molecule has 0 heterocycles. The minimum Gasteiger partial charge on any atom is -0.329 e. The van der Waals surface area contributed by atoms with Gasteiger partial charge < -0.3 is 11.5 Å². The monoisotopic (exact) mass is 164 g/mol. The Labute approximate surface area is 73.6 Å². The summed E-state index contributed by atoms with van der Waals surface area (Å²) in [5.74, 6) is 0. The van der Waals surface area contributed by atoms with E-state index in [1.807, 2.05) is 18.2 Å². The minimum absolute atomic E-state index is 0.144. The number of hydrogen-bond donors (Lipinski definition) is 2. The van der Waals surface area contributed by atoms with Gasteiger partial charge in [-0.05, 0) is 18.4 Å². The number of hydrogen-bond acceptors (Lipinski definition) is 2.